The van der Waals surface area contributed by atoms with Crippen LogP contribution in [0.15, 0.2) is 24.3 Å². The van der Waals surface area contributed by atoms with E-state index in [0.717, 1.165) is 11.8 Å². The third-order valence-corrected chi connectivity index (χ3v) is 3.76. The molecule has 0 aliphatic carbocycles. The molecule has 0 fully saturated rings. The van der Waals surface area contributed by atoms with E-state index in [1.165, 1.54) is 25.1 Å². The summed E-state index contributed by atoms with van der Waals surface area (Å²) in [5.74, 6) is -0.824. The molecule has 20 heavy (non-hydrogen) atoms. The fraction of sp³-hybridized carbons (Fsp3) is 0.333. The Balaban J connectivity index is 3.30. The number of amides is 1. The maximum atomic E-state index is 12.1. The van der Waals surface area contributed by atoms with Gasteiger partial charge in [-0.1, -0.05) is 23.9 Å². The monoisotopic (exact) mass is 316 g/mol. The van der Waals surface area contributed by atoms with Gasteiger partial charge >= 0.3 is 0 Å². The molecule has 0 aliphatic heterocycles. The molecule has 0 bridgehead atoms. The molecule has 1 amide bonds. The number of thioether (sulfide) groups is 1. The predicted molar refractivity (Wildman–Crippen MR) is 77.8 cm³/mol. The highest BCUT2D eigenvalue weighted by Gasteiger charge is 2.36. The zero-order valence-electron chi connectivity index (χ0n) is 10.9. The summed E-state index contributed by atoms with van der Waals surface area (Å²) in [5, 5.41) is 13.0. The fourth-order valence-corrected chi connectivity index (χ4v) is 2.33. The van der Waals surface area contributed by atoms with E-state index in [1.54, 1.807) is 12.3 Å². The zero-order valence-corrected chi connectivity index (χ0v) is 12.5. The van der Waals surface area contributed by atoms with Gasteiger partial charge in [0, 0.05) is 12.1 Å². The predicted octanol–water partition coefficient (Wildman–Crippen LogP) is 2.05. The number of non-ortho nitro benzene ring substituents is 1. The first-order chi connectivity index (χ1) is 9.35. The molecule has 0 saturated heterocycles. The first-order valence-electron chi connectivity index (χ1n) is 5.55. The third kappa shape index (κ3) is 3.49. The molecule has 0 aliphatic rings. The number of nitrogens with one attached hydrogen (secondary N) is 1. The molecule has 0 spiro atoms. The van der Waals surface area contributed by atoms with Gasteiger partial charge < -0.3 is 5.32 Å². The third-order valence-electron chi connectivity index (χ3n) is 2.74. The smallest absolute Gasteiger partial charge is 0.269 e. The fourth-order valence-electron chi connectivity index (χ4n) is 1.69. The molecule has 8 heteroatoms. The molecular formula is C12H13ClN2O4S. The van der Waals surface area contributed by atoms with Gasteiger partial charge in [0.2, 0.25) is 11.0 Å². The van der Waals surface area contributed by atoms with Gasteiger partial charge in [-0.3, -0.25) is 19.7 Å². The van der Waals surface area contributed by atoms with Crippen LogP contribution in [-0.2, 0) is 15.1 Å². The van der Waals surface area contributed by atoms with Crippen molar-refractivity contribution in [3.8, 4) is 0 Å². The molecule has 1 aromatic rings. The van der Waals surface area contributed by atoms with Crippen LogP contribution in [0.4, 0.5) is 5.69 Å². The number of nitro groups is 1. The van der Waals surface area contributed by atoms with E-state index in [0.29, 0.717) is 5.56 Å². The van der Waals surface area contributed by atoms with E-state index in [4.69, 9.17) is 11.6 Å². The highest BCUT2D eigenvalue weighted by molar-refractivity contribution is 8.13. The number of hydrogen-bond donors (Lipinski definition) is 1. The summed E-state index contributed by atoms with van der Waals surface area (Å²) in [4.78, 5) is 33.8. The molecule has 1 atom stereocenters. The second-order valence-corrected chi connectivity index (χ2v) is 5.15. The van der Waals surface area contributed by atoms with Gasteiger partial charge in [0.25, 0.3) is 5.69 Å². The van der Waals surface area contributed by atoms with Gasteiger partial charge in [0.15, 0.2) is 0 Å². The lowest BCUT2D eigenvalue weighted by Crippen LogP contribution is -2.49. The zero-order chi connectivity index (χ0) is 15.3. The standard InChI is InChI=1S/C12H13ClN2O4S/c1-12(11(17)20-2,14-10(16)7-13)8-4-3-5-9(6-8)15(18)19/h3-6H,7H2,1-2H3,(H,14,16). The molecule has 1 rings (SSSR count). The number of alkyl halides is 1. The normalized spacial score (nSPS) is 13.3. The van der Waals surface area contributed by atoms with Crippen LogP contribution >= 0.6 is 23.4 Å². The average Bonchev–Trinajstić information content (AvgIpc) is 2.45. The maximum absolute atomic E-state index is 12.1. The van der Waals surface area contributed by atoms with Crippen LogP contribution in [0.1, 0.15) is 12.5 Å². The van der Waals surface area contributed by atoms with E-state index < -0.39 is 16.4 Å². The summed E-state index contributed by atoms with van der Waals surface area (Å²) in [6.45, 7) is 1.50. The highest BCUT2D eigenvalue weighted by atomic mass is 35.5. The van der Waals surface area contributed by atoms with E-state index in [-0.39, 0.29) is 16.7 Å². The van der Waals surface area contributed by atoms with Gasteiger partial charge in [0.05, 0.1) is 4.92 Å². The van der Waals surface area contributed by atoms with Crippen LogP contribution in [0.3, 0.4) is 0 Å². The Hall–Kier alpha value is -1.60. The first-order valence-corrected chi connectivity index (χ1v) is 7.31. The van der Waals surface area contributed by atoms with Crippen LogP contribution in [0.2, 0.25) is 0 Å². The topological polar surface area (TPSA) is 89.3 Å². The molecule has 0 radical (unpaired) electrons. The van der Waals surface area contributed by atoms with Crippen LogP contribution in [-0.4, -0.2) is 28.1 Å². The largest absolute Gasteiger partial charge is 0.338 e. The van der Waals surface area contributed by atoms with Crippen molar-refractivity contribution in [1.29, 1.82) is 0 Å². The second kappa shape index (κ2) is 6.71. The number of halogens is 1. The molecule has 1 N–H and O–H groups in total. The minimum Gasteiger partial charge on any atom is -0.338 e. The van der Waals surface area contributed by atoms with Crippen LogP contribution in [0.25, 0.3) is 0 Å². The molecule has 0 saturated carbocycles. The summed E-state index contributed by atoms with van der Waals surface area (Å²) < 4.78 is 0. The summed E-state index contributed by atoms with van der Waals surface area (Å²) in [5.41, 5.74) is -1.18. The molecule has 1 aromatic carbocycles. The number of rotatable bonds is 5. The van der Waals surface area contributed by atoms with Crippen molar-refractivity contribution < 1.29 is 14.5 Å². The van der Waals surface area contributed by atoms with Gasteiger partial charge in [-0.25, -0.2) is 0 Å². The molecule has 0 heterocycles. The van der Waals surface area contributed by atoms with Crippen LogP contribution in [0, 0.1) is 10.1 Å². The Bertz CT molecular complexity index is 552. The Morgan fingerprint density at radius 1 is 1.50 bits per heavy atom. The SMILES string of the molecule is CSC(=O)C(C)(NC(=O)CCl)c1cccc([N+](=O)[O-])c1. The van der Waals surface area contributed by atoms with E-state index in [9.17, 15) is 19.7 Å². The van der Waals surface area contributed by atoms with Crippen molar-refractivity contribution in [2.24, 2.45) is 0 Å². The Labute approximate surface area is 125 Å². The van der Waals surface area contributed by atoms with Crippen molar-refractivity contribution in [2.45, 2.75) is 12.5 Å². The lowest BCUT2D eigenvalue weighted by molar-refractivity contribution is -0.385. The number of nitrogens with zero attached hydrogens (tertiary/aromatic N) is 1. The summed E-state index contributed by atoms with van der Waals surface area (Å²) in [6.07, 6.45) is 1.57. The number of nitro benzene ring substituents is 1. The van der Waals surface area contributed by atoms with Gasteiger partial charge in [0.1, 0.15) is 11.4 Å². The Morgan fingerprint density at radius 2 is 2.15 bits per heavy atom. The average molecular weight is 317 g/mol. The minimum absolute atomic E-state index is 0.150. The number of hydrogen-bond acceptors (Lipinski definition) is 5. The quantitative estimate of drug-likeness (QED) is 0.510. The lowest BCUT2D eigenvalue weighted by atomic mass is 9.93. The van der Waals surface area contributed by atoms with Crippen molar-refractivity contribution in [3.63, 3.8) is 0 Å². The second-order valence-electron chi connectivity index (χ2n) is 4.11. The van der Waals surface area contributed by atoms with Gasteiger partial charge in [-0.15, -0.1) is 11.6 Å². The molecular weight excluding hydrogens is 304 g/mol. The minimum atomic E-state index is -1.36. The van der Waals surface area contributed by atoms with Crippen LogP contribution in [0.5, 0.6) is 0 Å². The van der Waals surface area contributed by atoms with Gasteiger partial charge in [-0.05, 0) is 18.7 Å². The summed E-state index contributed by atoms with van der Waals surface area (Å²) in [7, 11) is 0. The number of carbonyl (C=O) groups is 2. The van der Waals surface area contributed by atoms with Gasteiger partial charge in [-0.2, -0.15) is 0 Å². The van der Waals surface area contributed by atoms with Crippen molar-refractivity contribution in [3.05, 3.63) is 39.9 Å². The van der Waals surface area contributed by atoms with Crippen LogP contribution < -0.4 is 5.32 Å². The Kier molecular flexibility index (Phi) is 5.52. The van der Waals surface area contributed by atoms with E-state index in [2.05, 4.69) is 5.32 Å². The molecule has 6 nitrogen and oxygen atoms in total. The van der Waals surface area contributed by atoms with E-state index in [1.807, 2.05) is 0 Å². The summed E-state index contributed by atoms with van der Waals surface area (Å²) in [6, 6.07) is 5.60. The van der Waals surface area contributed by atoms with Crippen molar-refractivity contribution in [2.75, 3.05) is 12.1 Å². The summed E-state index contributed by atoms with van der Waals surface area (Å²) >= 11 is 6.36. The van der Waals surface area contributed by atoms with E-state index >= 15 is 0 Å². The number of carbonyl (C=O) groups excluding carboxylic acids is 2. The highest BCUT2D eigenvalue weighted by Crippen LogP contribution is 2.28. The lowest BCUT2D eigenvalue weighted by Gasteiger charge is -2.28. The molecule has 1 unspecified atom stereocenters. The van der Waals surface area contributed by atoms with Crippen molar-refractivity contribution >= 4 is 40.1 Å². The molecule has 108 valence electrons. The maximum Gasteiger partial charge on any atom is 0.269 e. The Morgan fingerprint density at radius 3 is 2.65 bits per heavy atom. The first kappa shape index (κ1) is 16.5. The van der Waals surface area contributed by atoms with Crippen molar-refractivity contribution in [1.82, 2.24) is 5.32 Å². The number of benzene rings is 1. The molecule has 0 aromatic heterocycles.